The molecule has 0 radical (unpaired) electrons. The van der Waals surface area contributed by atoms with Crippen molar-refractivity contribution in [1.29, 1.82) is 0 Å². The van der Waals surface area contributed by atoms with E-state index < -0.39 is 73.4 Å². The second-order valence-electron chi connectivity index (χ2n) is 15.8. The number of fused-ring (bicyclic) bond motifs is 1. The Bertz CT molecular complexity index is 1580. The van der Waals surface area contributed by atoms with Gasteiger partial charge in [0, 0.05) is 24.7 Å². The van der Waals surface area contributed by atoms with Gasteiger partial charge in [0.05, 0.1) is 17.3 Å². The fraction of sp³-hybridized carbons (Fsp3) is 0.667. The highest BCUT2D eigenvalue weighted by atomic mass is 32.2. The molecule has 2 saturated carbocycles. The van der Waals surface area contributed by atoms with Crippen molar-refractivity contribution < 1.29 is 32.4 Å². The van der Waals surface area contributed by atoms with Crippen LogP contribution in [0.25, 0.3) is 0 Å². The van der Waals surface area contributed by atoms with Gasteiger partial charge in [-0.05, 0) is 49.1 Å². The minimum Gasteiger partial charge on any atom is -0.346 e. The predicted molar refractivity (Wildman–Crippen MR) is 188 cm³/mol. The number of aromatic nitrogens is 1. The lowest BCUT2D eigenvalue weighted by molar-refractivity contribution is -0.160. The molecule has 0 aromatic carbocycles. The van der Waals surface area contributed by atoms with Crippen LogP contribution in [0.3, 0.4) is 0 Å². The van der Waals surface area contributed by atoms with Crippen LogP contribution in [0.1, 0.15) is 92.9 Å². The van der Waals surface area contributed by atoms with Gasteiger partial charge in [-0.2, -0.15) is 0 Å². The molecule has 4 aliphatic rings. The normalized spacial score (nSPS) is 23.4. The summed E-state index contributed by atoms with van der Waals surface area (Å²) in [6.45, 7) is 15.1. The summed E-state index contributed by atoms with van der Waals surface area (Å²) in [5.41, 5.74) is -3.80. The van der Waals surface area contributed by atoms with E-state index in [1.54, 1.807) is 12.1 Å². The van der Waals surface area contributed by atoms with Gasteiger partial charge >= 0.3 is 6.03 Å². The van der Waals surface area contributed by atoms with Crippen LogP contribution in [-0.4, -0.2) is 89.8 Å². The fourth-order valence-corrected chi connectivity index (χ4v) is 9.70. The Morgan fingerprint density at radius 2 is 1.76 bits per heavy atom. The van der Waals surface area contributed by atoms with Crippen molar-refractivity contribution in [2.24, 2.45) is 16.7 Å². The predicted octanol–water partition coefficient (Wildman–Crippen LogP) is 3.06. The van der Waals surface area contributed by atoms with Crippen molar-refractivity contribution in [3.8, 4) is 0 Å². The molecule has 5 rings (SSSR count). The zero-order valence-electron chi connectivity index (χ0n) is 30.3. The van der Waals surface area contributed by atoms with Gasteiger partial charge in [0.2, 0.25) is 17.6 Å². The number of carbonyl (C=O) groups is 5. The second kappa shape index (κ2) is 14.8. The number of Topliss-reactive ketones (excluding diaryl/α,β-unsaturated/α-hetero) is 1. The van der Waals surface area contributed by atoms with Gasteiger partial charge in [-0.1, -0.05) is 79.4 Å². The average molecular weight is 715 g/mol. The molecule has 4 N–H and O–H groups in total. The summed E-state index contributed by atoms with van der Waals surface area (Å²) in [7, 11) is -3.84. The molecule has 4 atom stereocenters. The highest BCUT2D eigenvalue weighted by molar-refractivity contribution is 7.91. The SMILES string of the molecule is C=CCNC(=O)C(=O)C(CCC)NC(=O)C12CC(CN1C(=O)[C@@H](NC(=O)NC1(CS(=O)(=O)c3ccccn3)CCCCC1)C(C)(C)C)C2(C)C. The van der Waals surface area contributed by atoms with E-state index in [1.165, 1.54) is 23.2 Å². The number of hydrogen-bond donors (Lipinski definition) is 4. The third-order valence-corrected chi connectivity index (χ3v) is 12.8. The van der Waals surface area contributed by atoms with Crippen molar-refractivity contribution in [2.45, 2.75) is 121 Å². The number of pyridine rings is 1. The van der Waals surface area contributed by atoms with Crippen molar-refractivity contribution in [3.05, 3.63) is 37.1 Å². The molecule has 2 saturated heterocycles. The third kappa shape index (κ3) is 7.59. The number of ketones is 1. The minimum atomic E-state index is -3.84. The summed E-state index contributed by atoms with van der Waals surface area (Å²) < 4.78 is 26.8. The maximum Gasteiger partial charge on any atom is 0.315 e. The molecule has 13 nitrogen and oxygen atoms in total. The van der Waals surface area contributed by atoms with Gasteiger partial charge in [0.1, 0.15) is 11.6 Å². The monoisotopic (exact) mass is 714 g/mol. The van der Waals surface area contributed by atoms with Gasteiger partial charge < -0.3 is 26.2 Å². The highest BCUT2D eigenvalue weighted by Crippen LogP contribution is 2.64. The Kier molecular flexibility index (Phi) is 11.5. The highest BCUT2D eigenvalue weighted by Gasteiger charge is 2.74. The van der Waals surface area contributed by atoms with E-state index in [4.69, 9.17) is 0 Å². The van der Waals surface area contributed by atoms with E-state index in [2.05, 4.69) is 32.8 Å². The molecule has 1 aromatic heterocycles. The summed E-state index contributed by atoms with van der Waals surface area (Å²) in [5, 5.41) is 11.1. The molecule has 2 aliphatic heterocycles. The molecule has 3 heterocycles. The molecule has 5 amide bonds. The molecule has 276 valence electrons. The summed E-state index contributed by atoms with van der Waals surface area (Å²) in [6.07, 6.45) is 7.31. The molecule has 14 heteroatoms. The Morgan fingerprint density at radius 3 is 2.32 bits per heavy atom. The summed E-state index contributed by atoms with van der Waals surface area (Å²) in [5.74, 6) is -2.87. The van der Waals surface area contributed by atoms with Gasteiger partial charge in [-0.25, -0.2) is 18.2 Å². The Morgan fingerprint density at radius 1 is 1.08 bits per heavy atom. The smallest absolute Gasteiger partial charge is 0.315 e. The maximum atomic E-state index is 14.6. The van der Waals surface area contributed by atoms with Gasteiger partial charge in [0.25, 0.3) is 5.91 Å². The lowest BCUT2D eigenvalue weighted by Crippen LogP contribution is -2.72. The maximum absolute atomic E-state index is 14.6. The number of hydrogen-bond acceptors (Lipinski definition) is 8. The van der Waals surface area contributed by atoms with E-state index >= 15 is 0 Å². The number of sulfone groups is 1. The lowest BCUT2D eigenvalue weighted by atomic mass is 9.52. The van der Waals surface area contributed by atoms with Crippen molar-refractivity contribution in [1.82, 2.24) is 31.2 Å². The second-order valence-corrected chi connectivity index (χ2v) is 17.7. The number of carbonyl (C=O) groups excluding carboxylic acids is 5. The molecule has 2 bridgehead atoms. The summed E-state index contributed by atoms with van der Waals surface area (Å²) in [4.78, 5) is 73.8. The number of amides is 5. The number of nitrogens with one attached hydrogen (secondary N) is 4. The Labute approximate surface area is 296 Å². The number of nitrogens with zero attached hydrogens (tertiary/aromatic N) is 2. The van der Waals surface area contributed by atoms with E-state index in [0.717, 1.165) is 19.3 Å². The van der Waals surface area contributed by atoms with Crippen molar-refractivity contribution in [3.63, 3.8) is 0 Å². The zero-order valence-corrected chi connectivity index (χ0v) is 31.1. The van der Waals surface area contributed by atoms with Crippen LogP contribution in [-0.2, 0) is 29.0 Å². The Balaban J connectivity index is 1.57. The largest absolute Gasteiger partial charge is 0.346 e. The molecular formula is C36H54N6O7S. The zero-order chi connectivity index (χ0) is 37.1. The first-order chi connectivity index (χ1) is 23.3. The third-order valence-electron chi connectivity index (χ3n) is 11.0. The van der Waals surface area contributed by atoms with Crippen LogP contribution in [0.15, 0.2) is 42.1 Å². The van der Waals surface area contributed by atoms with E-state index in [1.807, 2.05) is 41.5 Å². The van der Waals surface area contributed by atoms with Crippen LogP contribution < -0.4 is 21.3 Å². The van der Waals surface area contributed by atoms with Gasteiger partial charge in [0.15, 0.2) is 14.9 Å². The average Bonchev–Trinajstić information content (AvgIpc) is 3.59. The summed E-state index contributed by atoms with van der Waals surface area (Å²) >= 11 is 0. The van der Waals surface area contributed by atoms with Crippen molar-refractivity contribution in [2.75, 3.05) is 18.8 Å². The van der Waals surface area contributed by atoms with Crippen LogP contribution in [0, 0.1) is 16.7 Å². The summed E-state index contributed by atoms with van der Waals surface area (Å²) in [6, 6.07) is 1.86. The molecule has 1 aromatic rings. The fourth-order valence-electron chi connectivity index (χ4n) is 7.95. The molecular weight excluding hydrogens is 660 g/mol. The first-order valence-corrected chi connectivity index (χ1v) is 19.3. The van der Waals surface area contributed by atoms with Crippen molar-refractivity contribution >= 4 is 39.4 Å². The van der Waals surface area contributed by atoms with Gasteiger partial charge in [-0.15, -0.1) is 6.58 Å². The quantitative estimate of drug-likeness (QED) is 0.167. The van der Waals surface area contributed by atoms with E-state index in [0.29, 0.717) is 25.7 Å². The van der Waals surface area contributed by atoms with E-state index in [-0.39, 0.29) is 36.2 Å². The van der Waals surface area contributed by atoms with Gasteiger partial charge in [-0.3, -0.25) is 19.2 Å². The van der Waals surface area contributed by atoms with Crippen LogP contribution in [0.5, 0.6) is 0 Å². The Hall–Kier alpha value is -3.81. The number of urea groups is 1. The first kappa shape index (κ1) is 39.0. The van der Waals surface area contributed by atoms with Crippen LogP contribution in [0.4, 0.5) is 4.79 Å². The molecule has 3 unspecified atom stereocenters. The standard InChI is InChI=1S/C36H54N6O7S/c1-8-15-25(27(43)29(44)38-19-9-2)39-31(46)36-21-24(34(36,6)7)22-42(36)30(45)28(33(3,4)5)40-32(47)41-35(17-12-10-13-18-35)23-50(48,49)26-16-11-14-20-37-26/h9,11,14,16,20,24-25,28H,2,8,10,12-13,15,17-19,21-23H2,1,3-7H3,(H,38,44)(H,39,46)(H2,40,41,47)/t24?,25?,28-,36?/m1/s1. The van der Waals surface area contributed by atoms with E-state index in [9.17, 15) is 32.4 Å². The van der Waals surface area contributed by atoms with Crippen LogP contribution in [0.2, 0.25) is 0 Å². The molecule has 0 spiro atoms. The number of rotatable bonds is 14. The molecule has 4 fully saturated rings. The molecule has 2 aliphatic carbocycles. The first-order valence-electron chi connectivity index (χ1n) is 17.6. The topological polar surface area (TPSA) is 184 Å². The molecule has 50 heavy (non-hydrogen) atoms. The van der Waals surface area contributed by atoms with Crippen LogP contribution >= 0.6 is 0 Å². The minimum absolute atomic E-state index is 0.00479. The lowest BCUT2D eigenvalue weighted by Gasteiger charge is -2.55.